The molecule has 0 saturated carbocycles. The largest absolute Gasteiger partial charge is 0.497 e. The summed E-state index contributed by atoms with van der Waals surface area (Å²) in [6.45, 7) is 4.70. The Labute approximate surface area is 149 Å². The van der Waals surface area contributed by atoms with Crippen LogP contribution in [0.25, 0.3) is 11.0 Å². The van der Waals surface area contributed by atoms with Crippen LogP contribution in [0.4, 0.5) is 0 Å². The van der Waals surface area contributed by atoms with Gasteiger partial charge in [0.2, 0.25) is 11.2 Å². The van der Waals surface area contributed by atoms with Crippen molar-refractivity contribution in [3.8, 4) is 23.0 Å². The normalized spacial score (nSPS) is 10.6. The van der Waals surface area contributed by atoms with Gasteiger partial charge >= 0.3 is 5.97 Å². The van der Waals surface area contributed by atoms with E-state index in [1.165, 1.54) is 6.92 Å². The van der Waals surface area contributed by atoms with Crippen molar-refractivity contribution in [2.75, 3.05) is 7.11 Å². The predicted octanol–water partition coefficient (Wildman–Crippen LogP) is 4.14. The minimum atomic E-state index is -0.439. The Balaban J connectivity index is 2.07. The lowest BCUT2D eigenvalue weighted by Gasteiger charge is -2.12. The zero-order valence-electron chi connectivity index (χ0n) is 14.9. The van der Waals surface area contributed by atoms with E-state index in [1.54, 1.807) is 57.4 Å². The number of benzene rings is 2. The Kier molecular flexibility index (Phi) is 4.67. The van der Waals surface area contributed by atoms with Crippen LogP contribution in [0.1, 0.15) is 18.2 Å². The van der Waals surface area contributed by atoms with Crippen LogP contribution in [0, 0.1) is 13.8 Å². The van der Waals surface area contributed by atoms with Crippen LogP contribution in [0.15, 0.2) is 45.6 Å². The predicted molar refractivity (Wildman–Crippen MR) is 96.3 cm³/mol. The number of ether oxygens (including phenoxy) is 3. The van der Waals surface area contributed by atoms with Gasteiger partial charge in [-0.1, -0.05) is 0 Å². The van der Waals surface area contributed by atoms with Gasteiger partial charge < -0.3 is 18.6 Å². The molecule has 134 valence electrons. The summed E-state index contributed by atoms with van der Waals surface area (Å²) in [7, 11) is 1.57. The number of esters is 1. The van der Waals surface area contributed by atoms with Crippen LogP contribution in [-0.4, -0.2) is 13.1 Å². The van der Waals surface area contributed by atoms with E-state index in [-0.39, 0.29) is 11.2 Å². The first kappa shape index (κ1) is 17.5. The van der Waals surface area contributed by atoms with Crippen LogP contribution >= 0.6 is 0 Å². The molecule has 0 aliphatic rings. The van der Waals surface area contributed by atoms with E-state index >= 15 is 0 Å². The molecule has 0 aliphatic heterocycles. The number of hydrogen-bond donors (Lipinski definition) is 0. The molecule has 0 atom stereocenters. The highest BCUT2D eigenvalue weighted by molar-refractivity contribution is 5.84. The fourth-order valence-electron chi connectivity index (χ4n) is 2.61. The zero-order valence-corrected chi connectivity index (χ0v) is 14.9. The molecule has 0 fully saturated rings. The van der Waals surface area contributed by atoms with E-state index in [0.29, 0.717) is 39.5 Å². The van der Waals surface area contributed by atoms with Crippen molar-refractivity contribution in [3.63, 3.8) is 0 Å². The van der Waals surface area contributed by atoms with Crippen molar-refractivity contribution in [2.45, 2.75) is 20.8 Å². The van der Waals surface area contributed by atoms with E-state index in [1.807, 2.05) is 0 Å². The molecule has 1 heterocycles. The van der Waals surface area contributed by atoms with E-state index in [9.17, 15) is 9.59 Å². The number of methoxy groups -OCH3 is 1. The van der Waals surface area contributed by atoms with Crippen LogP contribution in [0.2, 0.25) is 0 Å². The van der Waals surface area contributed by atoms with Gasteiger partial charge in [-0.2, -0.15) is 0 Å². The second-order valence-electron chi connectivity index (χ2n) is 5.75. The summed E-state index contributed by atoms with van der Waals surface area (Å²) in [6.07, 6.45) is 0. The molecule has 1 aromatic heterocycles. The fourth-order valence-corrected chi connectivity index (χ4v) is 2.61. The van der Waals surface area contributed by atoms with E-state index in [0.717, 1.165) is 0 Å². The lowest BCUT2D eigenvalue weighted by Crippen LogP contribution is -2.09. The molecule has 3 rings (SSSR count). The highest BCUT2D eigenvalue weighted by Gasteiger charge is 2.17. The van der Waals surface area contributed by atoms with Gasteiger partial charge in [-0.15, -0.1) is 0 Å². The van der Waals surface area contributed by atoms with Crippen molar-refractivity contribution in [1.29, 1.82) is 0 Å². The maximum Gasteiger partial charge on any atom is 0.308 e. The first-order chi connectivity index (χ1) is 12.4. The minimum Gasteiger partial charge on any atom is -0.497 e. The van der Waals surface area contributed by atoms with Gasteiger partial charge in [0.1, 0.15) is 28.6 Å². The maximum atomic E-state index is 12.8. The summed E-state index contributed by atoms with van der Waals surface area (Å²) in [4.78, 5) is 24.0. The third kappa shape index (κ3) is 3.26. The Morgan fingerprint density at radius 3 is 2.27 bits per heavy atom. The second kappa shape index (κ2) is 6.92. The van der Waals surface area contributed by atoms with Crippen LogP contribution in [0.3, 0.4) is 0 Å². The molecule has 0 amide bonds. The molecule has 0 spiro atoms. The van der Waals surface area contributed by atoms with Gasteiger partial charge in [0.15, 0.2) is 0 Å². The monoisotopic (exact) mass is 354 g/mol. The van der Waals surface area contributed by atoms with Gasteiger partial charge in [-0.25, -0.2) is 0 Å². The zero-order chi connectivity index (χ0) is 18.8. The average molecular weight is 354 g/mol. The molecule has 6 heteroatoms. The molecule has 0 radical (unpaired) electrons. The Morgan fingerprint density at radius 1 is 1.00 bits per heavy atom. The van der Waals surface area contributed by atoms with Gasteiger partial charge in [0.25, 0.3) is 0 Å². The van der Waals surface area contributed by atoms with Gasteiger partial charge in [0.05, 0.1) is 12.5 Å². The molecule has 0 saturated heterocycles. The number of fused-ring (bicyclic) bond motifs is 1. The van der Waals surface area contributed by atoms with E-state index < -0.39 is 5.97 Å². The van der Waals surface area contributed by atoms with Gasteiger partial charge in [-0.05, 0) is 50.2 Å². The first-order valence-electron chi connectivity index (χ1n) is 7.98. The van der Waals surface area contributed by atoms with Crippen molar-refractivity contribution in [1.82, 2.24) is 0 Å². The minimum absolute atomic E-state index is 0.113. The first-order valence-corrected chi connectivity index (χ1v) is 7.98. The lowest BCUT2D eigenvalue weighted by atomic mass is 10.1. The molecule has 2 aromatic carbocycles. The van der Waals surface area contributed by atoms with Gasteiger partial charge in [0, 0.05) is 12.5 Å². The highest BCUT2D eigenvalue weighted by atomic mass is 16.5. The second-order valence-corrected chi connectivity index (χ2v) is 5.75. The number of hydrogen-bond acceptors (Lipinski definition) is 6. The third-order valence-electron chi connectivity index (χ3n) is 3.91. The van der Waals surface area contributed by atoms with Gasteiger partial charge in [-0.3, -0.25) is 9.59 Å². The summed E-state index contributed by atoms with van der Waals surface area (Å²) in [5, 5.41) is 0.354. The number of carbonyl (C=O) groups excluding carboxylic acids is 1. The van der Waals surface area contributed by atoms with Crippen LogP contribution in [0.5, 0.6) is 23.0 Å². The van der Waals surface area contributed by atoms with Crippen molar-refractivity contribution >= 4 is 16.9 Å². The van der Waals surface area contributed by atoms with Crippen LogP contribution in [-0.2, 0) is 4.79 Å². The molecule has 3 aromatic rings. The summed E-state index contributed by atoms with van der Waals surface area (Å²) < 4.78 is 21.8. The summed E-state index contributed by atoms with van der Waals surface area (Å²) in [5.74, 6) is 1.55. The SMILES string of the molecule is COc1ccc(Oc2c(C)oc3c(C)c(OC(C)=O)ccc3c2=O)cc1. The maximum absolute atomic E-state index is 12.8. The molecule has 26 heavy (non-hydrogen) atoms. The highest BCUT2D eigenvalue weighted by Crippen LogP contribution is 2.31. The number of carbonyl (C=O) groups is 1. The molecule has 0 bridgehead atoms. The standard InChI is InChI=1S/C20H18O6/c1-11-17(25-13(3)21)10-9-16-18(22)20(12(2)24-19(11)16)26-15-7-5-14(23-4)6-8-15/h5-10H,1-4H3. The van der Waals surface area contributed by atoms with Crippen molar-refractivity contribution in [3.05, 3.63) is 57.9 Å². The Bertz CT molecular complexity index is 1030. The topological polar surface area (TPSA) is 75.0 Å². The Morgan fingerprint density at radius 2 is 1.65 bits per heavy atom. The summed E-state index contributed by atoms with van der Waals surface area (Å²) in [6, 6.07) is 10.0. The lowest BCUT2D eigenvalue weighted by molar-refractivity contribution is -0.131. The molecule has 0 aliphatic carbocycles. The summed E-state index contributed by atoms with van der Waals surface area (Å²) in [5.41, 5.74) is 0.652. The Hall–Kier alpha value is -3.28. The number of aryl methyl sites for hydroxylation is 2. The summed E-state index contributed by atoms with van der Waals surface area (Å²) >= 11 is 0. The molecule has 0 unspecified atom stereocenters. The number of rotatable bonds is 4. The molecule has 6 nitrogen and oxygen atoms in total. The smallest absolute Gasteiger partial charge is 0.308 e. The molecular formula is C20H18O6. The van der Waals surface area contributed by atoms with E-state index in [4.69, 9.17) is 18.6 Å². The van der Waals surface area contributed by atoms with Crippen LogP contribution < -0.4 is 19.6 Å². The quantitative estimate of drug-likeness (QED) is 0.518. The fraction of sp³-hybridized carbons (Fsp3) is 0.200. The average Bonchev–Trinajstić information content (AvgIpc) is 2.61. The van der Waals surface area contributed by atoms with E-state index in [2.05, 4.69) is 0 Å². The molecule has 0 N–H and O–H groups in total. The van der Waals surface area contributed by atoms with Crippen molar-refractivity contribution < 1.29 is 23.4 Å². The third-order valence-corrected chi connectivity index (χ3v) is 3.91. The van der Waals surface area contributed by atoms with Crippen molar-refractivity contribution in [2.24, 2.45) is 0 Å². The molecular weight excluding hydrogens is 336 g/mol.